The Hall–Kier alpha value is -0.910. The Morgan fingerprint density at radius 2 is 1.36 bits per heavy atom. The predicted octanol–water partition coefficient (Wildman–Crippen LogP) is 3.94. The van der Waals surface area contributed by atoms with Gasteiger partial charge < -0.3 is 0 Å². The molecule has 4 saturated carbocycles. The van der Waals surface area contributed by atoms with E-state index >= 15 is 0 Å². The van der Waals surface area contributed by atoms with E-state index in [9.17, 15) is 8.42 Å². The molecule has 1 heterocycles. The molecule has 1 aliphatic heterocycles. The lowest BCUT2D eigenvalue weighted by Gasteiger charge is -2.58. The van der Waals surface area contributed by atoms with Crippen LogP contribution in [0.25, 0.3) is 0 Å². The minimum atomic E-state index is -3.37. The van der Waals surface area contributed by atoms with Gasteiger partial charge in [-0.2, -0.15) is 4.31 Å². The normalized spacial score (nSPS) is 36.3. The number of sulfonamides is 1. The number of rotatable bonds is 4. The number of piperazine rings is 1. The molecule has 4 nitrogen and oxygen atoms in total. The van der Waals surface area contributed by atoms with E-state index in [0.29, 0.717) is 23.9 Å². The summed E-state index contributed by atoms with van der Waals surface area (Å²) >= 11 is 0. The summed E-state index contributed by atoms with van der Waals surface area (Å²) < 4.78 is 27.9. The topological polar surface area (TPSA) is 40.6 Å². The molecular weight excluding hydrogens is 368 g/mol. The molecule has 5 heteroatoms. The van der Waals surface area contributed by atoms with E-state index in [4.69, 9.17) is 0 Å². The quantitative estimate of drug-likeness (QED) is 0.766. The van der Waals surface area contributed by atoms with Gasteiger partial charge in [-0.15, -0.1) is 0 Å². The monoisotopic (exact) mass is 402 g/mol. The van der Waals surface area contributed by atoms with Gasteiger partial charge in [0.05, 0.1) is 4.90 Å². The standard InChI is InChI=1S/C23H34N2O2S/c1-16(2)19-3-5-22(6-4-19)28(26,27)25-9-7-24(8-10-25)23-20-12-17-11-18(14-20)15-21(23)13-17/h3-6,16-18,20-21,23H,7-15H2,1-2H3. The Morgan fingerprint density at radius 1 is 0.821 bits per heavy atom. The van der Waals surface area contributed by atoms with Crippen molar-refractivity contribution in [2.45, 2.75) is 62.8 Å². The largest absolute Gasteiger partial charge is 0.297 e. The summed E-state index contributed by atoms with van der Waals surface area (Å²) in [4.78, 5) is 3.10. The first kappa shape index (κ1) is 19.1. The maximum Gasteiger partial charge on any atom is 0.243 e. The fourth-order valence-corrected chi connectivity index (χ4v) is 8.33. The van der Waals surface area contributed by atoms with Crippen LogP contribution < -0.4 is 0 Å². The molecule has 4 bridgehead atoms. The van der Waals surface area contributed by atoms with Crippen molar-refractivity contribution < 1.29 is 8.42 Å². The molecule has 5 aliphatic rings. The van der Waals surface area contributed by atoms with Gasteiger partial charge in [0.25, 0.3) is 0 Å². The van der Waals surface area contributed by atoms with Gasteiger partial charge in [0.15, 0.2) is 0 Å². The smallest absolute Gasteiger partial charge is 0.243 e. The fraction of sp³-hybridized carbons (Fsp3) is 0.739. The fourth-order valence-electron chi connectivity index (χ4n) is 6.91. The van der Waals surface area contributed by atoms with Crippen LogP contribution in [0.3, 0.4) is 0 Å². The maximum absolute atomic E-state index is 13.1. The van der Waals surface area contributed by atoms with E-state index in [1.807, 2.05) is 12.1 Å². The Bertz CT molecular complexity index is 782. The summed E-state index contributed by atoms with van der Waals surface area (Å²) in [5, 5.41) is 0. The minimum Gasteiger partial charge on any atom is -0.297 e. The van der Waals surface area contributed by atoms with E-state index in [2.05, 4.69) is 18.7 Å². The molecule has 1 aromatic carbocycles. The third-order valence-corrected chi connectivity index (χ3v) is 9.97. The number of benzene rings is 1. The molecule has 0 amide bonds. The van der Waals surface area contributed by atoms with Crippen molar-refractivity contribution in [1.29, 1.82) is 0 Å². The van der Waals surface area contributed by atoms with Crippen molar-refractivity contribution in [3.05, 3.63) is 29.8 Å². The highest BCUT2D eigenvalue weighted by molar-refractivity contribution is 7.89. The molecule has 0 spiro atoms. The molecule has 0 aromatic heterocycles. The summed E-state index contributed by atoms with van der Waals surface area (Å²) in [6.07, 6.45) is 7.20. The predicted molar refractivity (Wildman–Crippen MR) is 112 cm³/mol. The van der Waals surface area contributed by atoms with Crippen LogP contribution in [0.2, 0.25) is 0 Å². The van der Waals surface area contributed by atoms with Crippen LogP contribution in [0.15, 0.2) is 29.2 Å². The minimum absolute atomic E-state index is 0.418. The first-order valence-corrected chi connectivity index (χ1v) is 12.7. The molecule has 1 aromatic rings. The van der Waals surface area contributed by atoms with Crippen molar-refractivity contribution in [3.63, 3.8) is 0 Å². The third kappa shape index (κ3) is 3.23. The Morgan fingerprint density at radius 3 is 1.86 bits per heavy atom. The second kappa shape index (κ2) is 7.10. The molecule has 0 radical (unpaired) electrons. The summed E-state index contributed by atoms with van der Waals surface area (Å²) in [5.74, 6) is 4.16. The van der Waals surface area contributed by atoms with E-state index in [1.54, 1.807) is 16.4 Å². The first-order valence-electron chi connectivity index (χ1n) is 11.3. The van der Waals surface area contributed by atoms with Crippen LogP contribution in [0, 0.1) is 23.7 Å². The van der Waals surface area contributed by atoms with Crippen molar-refractivity contribution in [1.82, 2.24) is 9.21 Å². The van der Waals surface area contributed by atoms with Gasteiger partial charge in [-0.05, 0) is 79.4 Å². The zero-order valence-electron chi connectivity index (χ0n) is 17.3. The average molecular weight is 403 g/mol. The van der Waals surface area contributed by atoms with Crippen LogP contribution in [0.5, 0.6) is 0 Å². The molecule has 0 unspecified atom stereocenters. The van der Waals surface area contributed by atoms with Gasteiger partial charge in [-0.25, -0.2) is 8.42 Å². The highest BCUT2D eigenvalue weighted by Crippen LogP contribution is 2.55. The number of hydrogen-bond acceptors (Lipinski definition) is 3. The van der Waals surface area contributed by atoms with Crippen LogP contribution in [0.1, 0.15) is 57.4 Å². The second-order valence-electron chi connectivity index (χ2n) is 10.1. The van der Waals surface area contributed by atoms with E-state index in [-0.39, 0.29) is 0 Å². The van der Waals surface area contributed by atoms with Crippen LogP contribution in [-0.2, 0) is 10.0 Å². The lowest BCUT2D eigenvalue weighted by molar-refractivity contribution is -0.0720. The Labute approximate surface area is 170 Å². The van der Waals surface area contributed by atoms with Crippen LogP contribution in [-0.4, -0.2) is 49.8 Å². The summed E-state index contributed by atoms with van der Waals surface area (Å²) in [6.45, 7) is 7.33. The van der Waals surface area contributed by atoms with Crippen molar-refractivity contribution >= 4 is 10.0 Å². The SMILES string of the molecule is CC(C)c1ccc(S(=O)(=O)N2CCN(C3C4CC5CC(C4)CC3C5)CC2)cc1. The highest BCUT2D eigenvalue weighted by Gasteiger charge is 2.50. The van der Waals surface area contributed by atoms with Crippen LogP contribution in [0.4, 0.5) is 0 Å². The van der Waals surface area contributed by atoms with Crippen molar-refractivity contribution in [2.75, 3.05) is 26.2 Å². The van der Waals surface area contributed by atoms with Gasteiger partial charge in [-0.3, -0.25) is 4.90 Å². The molecule has 5 fully saturated rings. The molecular formula is C23H34N2O2S. The van der Waals surface area contributed by atoms with Gasteiger partial charge >= 0.3 is 0 Å². The third-order valence-electron chi connectivity index (χ3n) is 8.06. The Balaban J connectivity index is 1.25. The summed E-state index contributed by atoms with van der Waals surface area (Å²) in [5.41, 5.74) is 1.19. The number of nitrogens with zero attached hydrogens (tertiary/aromatic N) is 2. The molecule has 1 saturated heterocycles. The van der Waals surface area contributed by atoms with E-state index in [0.717, 1.165) is 42.8 Å². The van der Waals surface area contributed by atoms with Crippen LogP contribution >= 0.6 is 0 Å². The Kier molecular flexibility index (Phi) is 4.84. The summed E-state index contributed by atoms with van der Waals surface area (Å²) in [6, 6.07) is 8.22. The van der Waals surface area contributed by atoms with E-state index in [1.165, 1.54) is 37.7 Å². The number of hydrogen-bond donors (Lipinski definition) is 0. The molecule has 0 atom stereocenters. The van der Waals surface area contributed by atoms with Crippen molar-refractivity contribution in [2.24, 2.45) is 23.7 Å². The molecule has 4 aliphatic carbocycles. The van der Waals surface area contributed by atoms with Crippen molar-refractivity contribution in [3.8, 4) is 0 Å². The van der Waals surface area contributed by atoms with Gasteiger partial charge in [0.1, 0.15) is 0 Å². The zero-order valence-corrected chi connectivity index (χ0v) is 18.1. The summed E-state index contributed by atoms with van der Waals surface area (Å²) in [7, 11) is -3.37. The maximum atomic E-state index is 13.1. The average Bonchev–Trinajstić information content (AvgIpc) is 2.67. The lowest BCUT2D eigenvalue weighted by Crippen LogP contribution is -2.60. The van der Waals surface area contributed by atoms with Gasteiger partial charge in [0.2, 0.25) is 10.0 Å². The lowest BCUT2D eigenvalue weighted by atomic mass is 9.54. The molecule has 6 rings (SSSR count). The zero-order chi connectivity index (χ0) is 19.5. The van der Waals surface area contributed by atoms with E-state index < -0.39 is 10.0 Å². The van der Waals surface area contributed by atoms with Gasteiger partial charge in [0, 0.05) is 32.2 Å². The van der Waals surface area contributed by atoms with Gasteiger partial charge in [-0.1, -0.05) is 26.0 Å². The highest BCUT2D eigenvalue weighted by atomic mass is 32.2. The molecule has 154 valence electrons. The first-order chi connectivity index (χ1) is 13.4. The molecule has 28 heavy (non-hydrogen) atoms. The molecule has 0 N–H and O–H groups in total. The second-order valence-corrected chi connectivity index (χ2v) is 12.0.